The highest BCUT2D eigenvalue weighted by Crippen LogP contribution is 2.42. The van der Waals surface area contributed by atoms with E-state index in [0.29, 0.717) is 0 Å². The van der Waals surface area contributed by atoms with E-state index in [9.17, 15) is 4.79 Å². The van der Waals surface area contributed by atoms with E-state index >= 15 is 0 Å². The van der Waals surface area contributed by atoms with E-state index in [0.717, 1.165) is 68.5 Å². The molecular weight excluding hydrogens is 394 g/mol. The Morgan fingerprint density at radius 2 is 1.97 bits per heavy atom. The Morgan fingerprint density at radius 1 is 1.13 bits per heavy atom. The van der Waals surface area contributed by atoms with Crippen LogP contribution in [-0.2, 0) is 22.4 Å². The van der Waals surface area contributed by atoms with E-state index in [1.807, 2.05) is 16.2 Å². The lowest BCUT2D eigenvalue weighted by molar-refractivity contribution is -0.117. The van der Waals surface area contributed by atoms with Crippen molar-refractivity contribution in [1.29, 1.82) is 0 Å². The van der Waals surface area contributed by atoms with Crippen LogP contribution in [0.15, 0.2) is 29.3 Å². The first-order chi connectivity index (χ1) is 14.7. The molecule has 6 heteroatoms. The van der Waals surface area contributed by atoms with Gasteiger partial charge in [-0.05, 0) is 44.2 Å². The van der Waals surface area contributed by atoms with Crippen molar-refractivity contribution < 1.29 is 9.53 Å². The molecule has 0 spiro atoms. The summed E-state index contributed by atoms with van der Waals surface area (Å²) in [6, 6.07) is 8.54. The largest absolute Gasteiger partial charge is 0.379 e. The van der Waals surface area contributed by atoms with Crippen LogP contribution in [0.3, 0.4) is 0 Å². The molecule has 0 N–H and O–H groups in total. The van der Waals surface area contributed by atoms with Crippen LogP contribution >= 0.6 is 11.3 Å². The van der Waals surface area contributed by atoms with Crippen LogP contribution < -0.4 is 4.90 Å². The van der Waals surface area contributed by atoms with Crippen LogP contribution in [0.2, 0.25) is 0 Å². The van der Waals surface area contributed by atoms with Crippen LogP contribution in [0, 0.1) is 6.92 Å². The van der Waals surface area contributed by atoms with Crippen LogP contribution in [0.1, 0.15) is 40.0 Å². The fraction of sp³-hybridized carbons (Fsp3) is 0.500. The first-order valence-corrected chi connectivity index (χ1v) is 11.9. The standard InChI is InChI=1S/C24H29N3O2S/c1-17-5-4-6-18(15-17)23-22-19-7-2-3-8-20(19)30-24(22)27(21(28)16-25-23)10-9-26-11-13-29-14-12-26/h4-6,15H,2-3,7-14,16H2,1H3. The number of anilines is 1. The molecular formula is C24H29N3O2S. The molecule has 5 nitrogen and oxygen atoms in total. The number of ether oxygens (including phenoxy) is 1. The molecule has 1 saturated heterocycles. The van der Waals surface area contributed by atoms with Gasteiger partial charge in [0.2, 0.25) is 5.91 Å². The van der Waals surface area contributed by atoms with Gasteiger partial charge >= 0.3 is 0 Å². The van der Waals surface area contributed by atoms with E-state index in [-0.39, 0.29) is 12.5 Å². The number of hydrogen-bond donors (Lipinski definition) is 0. The summed E-state index contributed by atoms with van der Waals surface area (Å²) in [5, 5.41) is 1.12. The minimum Gasteiger partial charge on any atom is -0.379 e. The third kappa shape index (κ3) is 3.84. The summed E-state index contributed by atoms with van der Waals surface area (Å²) in [6.07, 6.45) is 4.68. The average Bonchev–Trinajstić information content (AvgIpc) is 3.07. The van der Waals surface area contributed by atoms with E-state index < -0.39 is 0 Å². The summed E-state index contributed by atoms with van der Waals surface area (Å²) in [7, 11) is 0. The van der Waals surface area contributed by atoms with E-state index in [1.54, 1.807) is 0 Å². The van der Waals surface area contributed by atoms with Crippen molar-refractivity contribution in [3.8, 4) is 0 Å². The first kappa shape index (κ1) is 19.9. The summed E-state index contributed by atoms with van der Waals surface area (Å²) in [5.41, 5.74) is 6.03. The SMILES string of the molecule is Cc1cccc(C2=NCC(=O)N(CCN3CCOCC3)c3sc4c(c32)CCCC4)c1. The Bertz CT molecular complexity index is 975. The van der Waals surface area contributed by atoms with Crippen molar-refractivity contribution in [2.45, 2.75) is 32.6 Å². The van der Waals surface area contributed by atoms with Crippen molar-refractivity contribution in [2.24, 2.45) is 4.99 Å². The number of benzene rings is 1. The van der Waals surface area contributed by atoms with E-state index in [2.05, 4.69) is 36.1 Å². The molecule has 0 saturated carbocycles. The van der Waals surface area contributed by atoms with Gasteiger partial charge in [0.05, 0.1) is 18.9 Å². The van der Waals surface area contributed by atoms with Crippen molar-refractivity contribution in [3.05, 3.63) is 51.4 Å². The van der Waals surface area contributed by atoms with Crippen molar-refractivity contribution in [2.75, 3.05) is 50.8 Å². The molecule has 1 fully saturated rings. The number of aryl methyl sites for hydroxylation is 2. The van der Waals surface area contributed by atoms with Crippen LogP contribution in [0.5, 0.6) is 0 Å². The summed E-state index contributed by atoms with van der Waals surface area (Å²) in [5.74, 6) is 0.116. The van der Waals surface area contributed by atoms with Gasteiger partial charge in [0.1, 0.15) is 11.5 Å². The number of carbonyl (C=O) groups is 1. The second-order valence-corrected chi connectivity index (χ2v) is 9.51. The minimum atomic E-state index is 0.116. The molecule has 0 atom stereocenters. The first-order valence-electron chi connectivity index (χ1n) is 11.1. The topological polar surface area (TPSA) is 45.1 Å². The van der Waals surface area contributed by atoms with E-state index in [4.69, 9.17) is 9.73 Å². The lowest BCUT2D eigenvalue weighted by Crippen LogP contribution is -2.43. The van der Waals surface area contributed by atoms with E-state index in [1.165, 1.54) is 34.4 Å². The Labute approximate surface area is 182 Å². The smallest absolute Gasteiger partial charge is 0.249 e. The lowest BCUT2D eigenvalue weighted by atomic mass is 9.91. The van der Waals surface area contributed by atoms with Crippen molar-refractivity contribution in [3.63, 3.8) is 0 Å². The third-order valence-electron chi connectivity index (χ3n) is 6.34. The second-order valence-electron chi connectivity index (χ2n) is 8.42. The quantitative estimate of drug-likeness (QED) is 0.757. The maximum absolute atomic E-state index is 13.2. The molecule has 30 heavy (non-hydrogen) atoms. The summed E-state index contributed by atoms with van der Waals surface area (Å²) < 4.78 is 5.48. The number of carbonyl (C=O) groups excluding carboxylic acids is 1. The number of amides is 1. The van der Waals surface area contributed by atoms with Crippen LogP contribution in [0.25, 0.3) is 0 Å². The number of thiophene rings is 1. The predicted octanol–water partition coefficient (Wildman–Crippen LogP) is 3.45. The molecule has 3 heterocycles. The molecule has 0 bridgehead atoms. The zero-order valence-electron chi connectivity index (χ0n) is 17.7. The summed E-state index contributed by atoms with van der Waals surface area (Å²) in [6.45, 7) is 7.41. The van der Waals surface area contributed by atoms with Gasteiger partial charge in [0, 0.05) is 42.2 Å². The number of morpholine rings is 1. The Hall–Kier alpha value is -2.02. The zero-order chi connectivity index (χ0) is 20.5. The molecule has 2 aromatic rings. The minimum absolute atomic E-state index is 0.116. The Morgan fingerprint density at radius 3 is 2.80 bits per heavy atom. The van der Waals surface area contributed by atoms with Gasteiger partial charge in [0.25, 0.3) is 0 Å². The van der Waals surface area contributed by atoms with Crippen LogP contribution in [0.4, 0.5) is 5.00 Å². The summed E-state index contributed by atoms with van der Waals surface area (Å²) >= 11 is 1.83. The molecule has 1 amide bonds. The molecule has 5 rings (SSSR count). The highest BCUT2D eigenvalue weighted by atomic mass is 32.1. The molecule has 158 valence electrons. The zero-order valence-corrected chi connectivity index (χ0v) is 18.5. The van der Waals surface area contributed by atoms with Gasteiger partial charge in [-0.25, -0.2) is 0 Å². The van der Waals surface area contributed by atoms with Gasteiger partial charge in [0.15, 0.2) is 0 Å². The Kier molecular flexibility index (Phi) is 5.72. The molecule has 1 aliphatic carbocycles. The van der Waals surface area contributed by atoms with Gasteiger partial charge in [-0.15, -0.1) is 11.3 Å². The van der Waals surface area contributed by atoms with Crippen molar-refractivity contribution in [1.82, 2.24) is 4.90 Å². The maximum Gasteiger partial charge on any atom is 0.249 e. The molecule has 0 unspecified atom stereocenters. The highest BCUT2D eigenvalue weighted by molar-refractivity contribution is 7.17. The normalized spacial score (nSPS) is 19.8. The molecule has 1 aromatic carbocycles. The Balaban J connectivity index is 1.54. The van der Waals surface area contributed by atoms with Gasteiger partial charge in [-0.2, -0.15) is 0 Å². The fourth-order valence-electron chi connectivity index (χ4n) is 4.73. The van der Waals surface area contributed by atoms with Crippen LogP contribution in [-0.4, -0.2) is 62.5 Å². The lowest BCUT2D eigenvalue weighted by Gasteiger charge is -2.29. The highest BCUT2D eigenvalue weighted by Gasteiger charge is 2.32. The van der Waals surface area contributed by atoms with Gasteiger partial charge in [-0.3, -0.25) is 14.7 Å². The molecule has 3 aliphatic rings. The van der Waals surface area contributed by atoms with Gasteiger partial charge < -0.3 is 9.64 Å². The van der Waals surface area contributed by atoms with Gasteiger partial charge in [-0.1, -0.05) is 23.8 Å². The number of nitrogens with zero attached hydrogens (tertiary/aromatic N) is 3. The number of hydrogen-bond acceptors (Lipinski definition) is 5. The fourth-order valence-corrected chi connectivity index (χ4v) is 6.16. The maximum atomic E-state index is 13.2. The predicted molar refractivity (Wildman–Crippen MR) is 122 cm³/mol. The number of rotatable bonds is 4. The molecule has 0 radical (unpaired) electrons. The van der Waals surface area contributed by atoms with Crippen molar-refractivity contribution >= 4 is 28.0 Å². The third-order valence-corrected chi connectivity index (χ3v) is 7.66. The summed E-state index contributed by atoms with van der Waals surface area (Å²) in [4.78, 5) is 24.0. The number of aliphatic imine (C=N–C) groups is 1. The second kappa shape index (κ2) is 8.61. The molecule has 1 aromatic heterocycles. The number of fused-ring (bicyclic) bond motifs is 3. The monoisotopic (exact) mass is 423 g/mol. The average molecular weight is 424 g/mol. The molecule has 2 aliphatic heterocycles.